The van der Waals surface area contributed by atoms with Crippen LogP contribution in [-0.4, -0.2) is 36.4 Å². The summed E-state index contributed by atoms with van der Waals surface area (Å²) in [6.07, 6.45) is -0.142. The van der Waals surface area contributed by atoms with Gasteiger partial charge >= 0.3 is 5.97 Å². The third-order valence-corrected chi connectivity index (χ3v) is 4.25. The SMILES string of the molecule is COC(=O)[C@]12O[C@H](CC(=O)C[C@@H]1c1ccccc1)CC2=O. The largest absolute Gasteiger partial charge is 0.467 e. The zero-order valence-corrected chi connectivity index (χ0v) is 11.7. The van der Waals surface area contributed by atoms with E-state index in [1.807, 2.05) is 18.2 Å². The van der Waals surface area contributed by atoms with Crippen molar-refractivity contribution in [2.24, 2.45) is 0 Å². The zero-order chi connectivity index (χ0) is 15.0. The summed E-state index contributed by atoms with van der Waals surface area (Å²) in [5, 5.41) is 0. The molecule has 1 aromatic carbocycles. The van der Waals surface area contributed by atoms with Crippen LogP contribution in [0.3, 0.4) is 0 Å². The minimum atomic E-state index is -1.67. The summed E-state index contributed by atoms with van der Waals surface area (Å²) in [5.41, 5.74) is -0.931. The van der Waals surface area contributed by atoms with Crippen LogP contribution in [0.2, 0.25) is 0 Å². The molecule has 0 radical (unpaired) electrons. The van der Waals surface area contributed by atoms with E-state index < -0.39 is 23.6 Å². The van der Waals surface area contributed by atoms with Gasteiger partial charge in [-0.1, -0.05) is 30.3 Å². The molecule has 2 bridgehead atoms. The number of Topliss-reactive ketones (excluding diaryl/α,β-unsaturated/α-hetero) is 2. The second kappa shape index (κ2) is 5.07. The van der Waals surface area contributed by atoms with Gasteiger partial charge in [0.15, 0.2) is 5.78 Å². The van der Waals surface area contributed by atoms with Gasteiger partial charge in [-0.2, -0.15) is 0 Å². The minimum absolute atomic E-state index is 0.00660. The summed E-state index contributed by atoms with van der Waals surface area (Å²) in [6.45, 7) is 0. The van der Waals surface area contributed by atoms with Gasteiger partial charge in [-0.3, -0.25) is 9.59 Å². The summed E-state index contributed by atoms with van der Waals surface area (Å²) in [5.74, 6) is -1.62. The number of fused-ring (bicyclic) bond motifs is 2. The molecule has 0 N–H and O–H groups in total. The predicted molar refractivity (Wildman–Crippen MR) is 72.7 cm³/mol. The normalized spacial score (nSPS) is 31.9. The van der Waals surface area contributed by atoms with Crippen molar-refractivity contribution in [2.75, 3.05) is 7.11 Å². The molecule has 21 heavy (non-hydrogen) atoms. The molecular formula is C16H16O5. The number of benzene rings is 1. The van der Waals surface area contributed by atoms with Crippen molar-refractivity contribution < 1.29 is 23.9 Å². The van der Waals surface area contributed by atoms with Crippen molar-refractivity contribution in [1.82, 2.24) is 0 Å². The molecule has 2 saturated heterocycles. The molecule has 5 heteroatoms. The van der Waals surface area contributed by atoms with Gasteiger partial charge in [0.1, 0.15) is 5.78 Å². The third kappa shape index (κ3) is 2.08. The quantitative estimate of drug-likeness (QED) is 0.608. The molecule has 110 valence electrons. The van der Waals surface area contributed by atoms with Crippen molar-refractivity contribution in [3.05, 3.63) is 35.9 Å². The Bertz CT molecular complexity index is 584. The second-order valence-electron chi connectivity index (χ2n) is 5.50. The molecule has 2 fully saturated rings. The number of methoxy groups -OCH3 is 1. The van der Waals surface area contributed by atoms with Crippen LogP contribution >= 0.6 is 0 Å². The van der Waals surface area contributed by atoms with Crippen LogP contribution in [0.5, 0.6) is 0 Å². The molecule has 0 aliphatic carbocycles. The maximum atomic E-state index is 12.5. The molecular weight excluding hydrogens is 272 g/mol. The van der Waals surface area contributed by atoms with E-state index in [1.165, 1.54) is 7.11 Å². The lowest BCUT2D eigenvalue weighted by Gasteiger charge is -2.31. The van der Waals surface area contributed by atoms with Crippen LogP contribution in [0.25, 0.3) is 0 Å². The monoisotopic (exact) mass is 288 g/mol. The maximum Gasteiger partial charge on any atom is 0.346 e. The molecule has 3 atom stereocenters. The summed E-state index contributed by atoms with van der Waals surface area (Å²) in [6, 6.07) is 9.07. The van der Waals surface area contributed by atoms with Gasteiger partial charge in [-0.05, 0) is 5.56 Å². The minimum Gasteiger partial charge on any atom is -0.467 e. The van der Waals surface area contributed by atoms with E-state index in [1.54, 1.807) is 12.1 Å². The number of carbonyl (C=O) groups excluding carboxylic acids is 3. The van der Waals surface area contributed by atoms with Crippen molar-refractivity contribution in [3.63, 3.8) is 0 Å². The topological polar surface area (TPSA) is 69.7 Å². The van der Waals surface area contributed by atoms with Gasteiger partial charge in [0, 0.05) is 25.2 Å². The van der Waals surface area contributed by atoms with Crippen molar-refractivity contribution in [2.45, 2.75) is 36.9 Å². The van der Waals surface area contributed by atoms with E-state index in [0.717, 1.165) is 5.56 Å². The average molecular weight is 288 g/mol. The molecule has 1 aromatic rings. The smallest absolute Gasteiger partial charge is 0.346 e. The Morgan fingerprint density at radius 2 is 1.90 bits per heavy atom. The fourth-order valence-electron chi connectivity index (χ4n) is 3.32. The summed E-state index contributed by atoms with van der Waals surface area (Å²) in [7, 11) is 1.23. The first-order valence-corrected chi connectivity index (χ1v) is 6.94. The van der Waals surface area contributed by atoms with Crippen molar-refractivity contribution >= 4 is 17.5 Å². The molecule has 3 rings (SSSR count). The van der Waals surface area contributed by atoms with Gasteiger partial charge in [-0.15, -0.1) is 0 Å². The number of esters is 1. The fraction of sp³-hybridized carbons (Fsp3) is 0.438. The van der Waals surface area contributed by atoms with Gasteiger partial charge in [0.25, 0.3) is 0 Å². The van der Waals surface area contributed by atoms with Gasteiger partial charge < -0.3 is 9.47 Å². The van der Waals surface area contributed by atoms with E-state index in [0.29, 0.717) is 0 Å². The lowest BCUT2D eigenvalue weighted by Crippen LogP contribution is -2.50. The van der Waals surface area contributed by atoms with Gasteiger partial charge in [0.2, 0.25) is 5.60 Å². The standard InChI is InChI=1S/C16H16O5/c1-20-15(19)16-13(10-5-3-2-4-6-10)8-11(17)7-12(21-16)9-14(16)18/h2-6,12-13H,7-9H2,1H3/t12-,13-,16+/m1/s1. The maximum absolute atomic E-state index is 12.5. The Labute approximate surface area is 122 Å². The van der Waals surface area contributed by atoms with Crippen LogP contribution in [-0.2, 0) is 23.9 Å². The first-order valence-electron chi connectivity index (χ1n) is 6.94. The number of hydrogen-bond donors (Lipinski definition) is 0. The highest BCUT2D eigenvalue weighted by molar-refractivity contribution is 6.11. The first-order chi connectivity index (χ1) is 10.1. The van der Waals surface area contributed by atoms with E-state index >= 15 is 0 Å². The number of rotatable bonds is 2. The summed E-state index contributed by atoms with van der Waals surface area (Å²) < 4.78 is 10.6. The van der Waals surface area contributed by atoms with Crippen LogP contribution in [0, 0.1) is 0 Å². The second-order valence-corrected chi connectivity index (χ2v) is 5.50. The molecule has 2 aliphatic rings. The first kappa shape index (κ1) is 13.9. The highest BCUT2D eigenvalue weighted by Crippen LogP contribution is 2.46. The third-order valence-electron chi connectivity index (χ3n) is 4.25. The Balaban J connectivity index is 2.14. The number of ether oxygens (including phenoxy) is 2. The Kier molecular flexibility index (Phi) is 3.37. The van der Waals surface area contributed by atoms with Gasteiger partial charge in [-0.25, -0.2) is 4.79 Å². The molecule has 5 nitrogen and oxygen atoms in total. The van der Waals surface area contributed by atoms with Crippen LogP contribution in [0.4, 0.5) is 0 Å². The fourth-order valence-corrected chi connectivity index (χ4v) is 3.32. The Morgan fingerprint density at radius 1 is 1.19 bits per heavy atom. The summed E-state index contributed by atoms with van der Waals surface area (Å²) >= 11 is 0. The van der Waals surface area contributed by atoms with E-state index in [9.17, 15) is 14.4 Å². The van der Waals surface area contributed by atoms with Crippen LogP contribution in [0.1, 0.15) is 30.7 Å². The van der Waals surface area contributed by atoms with Gasteiger partial charge in [0.05, 0.1) is 13.2 Å². The molecule has 0 amide bonds. The number of ketones is 2. The zero-order valence-electron chi connectivity index (χ0n) is 11.7. The number of carbonyl (C=O) groups is 3. The highest BCUT2D eigenvalue weighted by Gasteiger charge is 2.62. The van der Waals surface area contributed by atoms with Crippen LogP contribution in [0.15, 0.2) is 30.3 Å². The lowest BCUT2D eigenvalue weighted by atomic mass is 9.75. The lowest BCUT2D eigenvalue weighted by molar-refractivity contribution is -0.173. The van der Waals surface area contributed by atoms with E-state index in [4.69, 9.17) is 9.47 Å². The summed E-state index contributed by atoms with van der Waals surface area (Å²) in [4.78, 5) is 36.9. The Morgan fingerprint density at radius 3 is 2.57 bits per heavy atom. The van der Waals surface area contributed by atoms with E-state index in [-0.39, 0.29) is 30.8 Å². The molecule has 0 saturated carbocycles. The molecule has 2 heterocycles. The molecule has 0 aromatic heterocycles. The molecule has 2 aliphatic heterocycles. The Hall–Kier alpha value is -2.01. The predicted octanol–water partition coefficient (Wildman–Crippen LogP) is 1.40. The number of hydrogen-bond acceptors (Lipinski definition) is 5. The van der Waals surface area contributed by atoms with Crippen molar-refractivity contribution in [3.8, 4) is 0 Å². The molecule has 0 unspecified atom stereocenters. The van der Waals surface area contributed by atoms with E-state index in [2.05, 4.69) is 0 Å². The molecule has 0 spiro atoms. The highest BCUT2D eigenvalue weighted by atomic mass is 16.6. The van der Waals surface area contributed by atoms with Crippen LogP contribution < -0.4 is 0 Å². The average Bonchev–Trinajstić information content (AvgIpc) is 2.72. The van der Waals surface area contributed by atoms with Crippen molar-refractivity contribution in [1.29, 1.82) is 0 Å².